The first kappa shape index (κ1) is 23.7. The van der Waals surface area contributed by atoms with Crippen molar-refractivity contribution in [1.82, 2.24) is 23.6 Å². The molecule has 37 heavy (non-hydrogen) atoms. The van der Waals surface area contributed by atoms with Crippen LogP contribution in [-0.2, 0) is 35.0 Å². The van der Waals surface area contributed by atoms with Gasteiger partial charge in [-0.3, -0.25) is 23.4 Å². The van der Waals surface area contributed by atoms with Crippen molar-refractivity contribution in [2.45, 2.75) is 42.6 Å². The van der Waals surface area contributed by atoms with E-state index in [2.05, 4.69) is 14.8 Å². The van der Waals surface area contributed by atoms with Crippen LogP contribution in [0.2, 0.25) is 0 Å². The van der Waals surface area contributed by atoms with Gasteiger partial charge in [0, 0.05) is 35.6 Å². The molecule has 1 fully saturated rings. The largest absolute Gasteiger partial charge is 0.332 e. The Morgan fingerprint density at radius 1 is 1.08 bits per heavy atom. The lowest BCUT2D eigenvalue weighted by molar-refractivity contribution is -0.112. The molecular formula is C24H22N6O5S2. The van der Waals surface area contributed by atoms with E-state index in [4.69, 9.17) is 0 Å². The highest BCUT2D eigenvalue weighted by atomic mass is 32.2. The molecule has 4 aromatic rings. The van der Waals surface area contributed by atoms with Gasteiger partial charge in [0.1, 0.15) is 9.04 Å². The molecule has 0 unspecified atom stereocenters. The molecule has 1 N–H and O–H groups in total. The van der Waals surface area contributed by atoms with E-state index in [1.165, 1.54) is 16.7 Å². The maximum atomic E-state index is 13.7. The molecule has 0 atom stereocenters. The van der Waals surface area contributed by atoms with Crippen LogP contribution in [0.5, 0.6) is 0 Å². The minimum absolute atomic E-state index is 0.0129. The number of benzene rings is 1. The van der Waals surface area contributed by atoms with Gasteiger partial charge >= 0.3 is 5.69 Å². The number of nitrogens with one attached hydrogen (secondary N) is 1. The molecule has 0 saturated heterocycles. The molecule has 6 rings (SSSR count). The van der Waals surface area contributed by atoms with Crippen molar-refractivity contribution in [3.05, 3.63) is 79.2 Å². The molecule has 1 aromatic carbocycles. The Kier molecular flexibility index (Phi) is 5.23. The standard InChI is InChI=1S/C24H22N6O5S2/c1-24(5-6-24)27-37(34,35)20-9-17-21(32)29(13-15-10-25-28(2)11-15)23(33)30(22(17)36-20)12-14-3-4-18-16(7-14)8-19(31)26-18/h3-4,7-11,27H,5-6,12-13H2,1-2H3. The molecule has 0 bridgehead atoms. The van der Waals surface area contributed by atoms with Crippen LogP contribution in [0.15, 0.2) is 55.4 Å². The number of amides is 1. The number of carbonyl (C=O) groups is 1. The van der Waals surface area contributed by atoms with Crippen LogP contribution in [0.4, 0.5) is 0 Å². The molecule has 2 aliphatic rings. The van der Waals surface area contributed by atoms with Crippen molar-refractivity contribution in [3.8, 4) is 0 Å². The Bertz CT molecular complexity index is 1980. The monoisotopic (exact) mass is 538 g/mol. The van der Waals surface area contributed by atoms with Gasteiger partial charge in [-0.15, -0.1) is 11.3 Å². The third-order valence-corrected chi connectivity index (χ3v) is 9.83. The predicted octanol–water partition coefficient (Wildman–Crippen LogP) is -0.174. The summed E-state index contributed by atoms with van der Waals surface area (Å²) in [6.45, 7) is 1.89. The van der Waals surface area contributed by atoms with Crippen LogP contribution in [0, 0.1) is 0 Å². The SMILES string of the molecule is Cn1cc(Cn2c(=O)c3cc(S(=O)(=O)NC4(C)CC4)sc3n(Cc3ccc4c(c3)=CC(=O)N=4)c2=O)cn1. The van der Waals surface area contributed by atoms with Gasteiger partial charge < -0.3 is 0 Å². The first-order valence-electron chi connectivity index (χ1n) is 11.5. The Morgan fingerprint density at radius 3 is 2.54 bits per heavy atom. The maximum absolute atomic E-state index is 13.7. The highest BCUT2D eigenvalue weighted by Crippen LogP contribution is 2.37. The smallest absolute Gasteiger partial charge is 0.280 e. The fraction of sp³-hybridized carbons (Fsp3) is 0.292. The number of aryl methyl sites for hydroxylation is 1. The minimum atomic E-state index is -3.88. The molecule has 1 saturated carbocycles. The zero-order valence-corrected chi connectivity index (χ0v) is 21.6. The van der Waals surface area contributed by atoms with Crippen LogP contribution in [0.25, 0.3) is 16.3 Å². The fourth-order valence-electron chi connectivity index (χ4n) is 4.38. The van der Waals surface area contributed by atoms with Gasteiger partial charge in [0.15, 0.2) is 0 Å². The van der Waals surface area contributed by atoms with E-state index in [1.54, 1.807) is 42.3 Å². The lowest BCUT2D eigenvalue weighted by atomic mass is 10.2. The maximum Gasteiger partial charge on any atom is 0.332 e. The second-order valence-electron chi connectivity index (χ2n) is 9.72. The van der Waals surface area contributed by atoms with E-state index in [-0.39, 0.29) is 33.4 Å². The summed E-state index contributed by atoms with van der Waals surface area (Å²) in [5.41, 5.74) is -0.261. The molecule has 1 aliphatic heterocycles. The van der Waals surface area contributed by atoms with E-state index in [1.807, 2.05) is 6.92 Å². The molecule has 11 nitrogen and oxygen atoms in total. The van der Waals surface area contributed by atoms with Crippen molar-refractivity contribution in [2.24, 2.45) is 12.0 Å². The predicted molar refractivity (Wildman–Crippen MR) is 136 cm³/mol. The van der Waals surface area contributed by atoms with Crippen LogP contribution in [0.1, 0.15) is 30.9 Å². The van der Waals surface area contributed by atoms with Crippen molar-refractivity contribution < 1.29 is 13.2 Å². The van der Waals surface area contributed by atoms with E-state index in [0.29, 0.717) is 21.7 Å². The number of fused-ring (bicyclic) bond motifs is 2. The molecule has 3 aromatic heterocycles. The van der Waals surface area contributed by atoms with Crippen molar-refractivity contribution in [2.75, 3.05) is 0 Å². The van der Waals surface area contributed by atoms with Gasteiger partial charge in [-0.05, 0) is 43.5 Å². The number of hydrogen-bond acceptors (Lipinski definition) is 7. The number of hydrogen-bond donors (Lipinski definition) is 1. The van der Waals surface area contributed by atoms with Gasteiger partial charge in [0.2, 0.25) is 0 Å². The average molecular weight is 539 g/mol. The minimum Gasteiger partial charge on any atom is -0.280 e. The number of nitrogens with zero attached hydrogens (tertiary/aromatic N) is 5. The number of sulfonamides is 1. The molecule has 13 heteroatoms. The first-order valence-corrected chi connectivity index (χ1v) is 13.8. The Labute approximate surface area is 214 Å². The summed E-state index contributed by atoms with van der Waals surface area (Å²) in [6.07, 6.45) is 6.18. The molecule has 4 heterocycles. The quantitative estimate of drug-likeness (QED) is 0.347. The molecule has 1 aliphatic carbocycles. The van der Waals surface area contributed by atoms with E-state index in [9.17, 15) is 22.8 Å². The van der Waals surface area contributed by atoms with E-state index >= 15 is 0 Å². The highest BCUT2D eigenvalue weighted by molar-refractivity contribution is 7.91. The number of rotatable bonds is 7. The summed E-state index contributed by atoms with van der Waals surface area (Å²) < 4.78 is 33.0. The zero-order chi connectivity index (χ0) is 26.1. The summed E-state index contributed by atoms with van der Waals surface area (Å²) in [6, 6.07) is 6.56. The molecule has 0 radical (unpaired) electrons. The third kappa shape index (κ3) is 4.28. The Balaban J connectivity index is 1.53. The lowest BCUT2D eigenvalue weighted by Crippen LogP contribution is -2.40. The number of thiophene rings is 1. The van der Waals surface area contributed by atoms with Gasteiger partial charge in [-0.2, -0.15) is 5.10 Å². The van der Waals surface area contributed by atoms with Crippen LogP contribution < -0.4 is 26.5 Å². The number of carbonyl (C=O) groups excluding carboxylic acids is 1. The normalized spacial score (nSPS) is 16.0. The van der Waals surface area contributed by atoms with Crippen molar-refractivity contribution >= 4 is 43.6 Å². The second kappa shape index (κ2) is 8.16. The summed E-state index contributed by atoms with van der Waals surface area (Å²) in [5, 5.41) is 5.45. The molecule has 190 valence electrons. The van der Waals surface area contributed by atoms with Crippen molar-refractivity contribution in [3.63, 3.8) is 0 Å². The van der Waals surface area contributed by atoms with E-state index < -0.39 is 26.8 Å². The highest BCUT2D eigenvalue weighted by Gasteiger charge is 2.41. The topological polar surface area (TPSA) is 137 Å². The second-order valence-corrected chi connectivity index (χ2v) is 12.7. The van der Waals surface area contributed by atoms with Crippen LogP contribution in [0.3, 0.4) is 0 Å². The summed E-state index contributed by atoms with van der Waals surface area (Å²) in [4.78, 5) is 43.0. The van der Waals surface area contributed by atoms with Gasteiger partial charge in [-0.1, -0.05) is 6.07 Å². The number of aromatic nitrogens is 4. The van der Waals surface area contributed by atoms with Gasteiger partial charge in [0.05, 0.1) is 30.0 Å². The zero-order valence-electron chi connectivity index (χ0n) is 20.0. The van der Waals surface area contributed by atoms with Gasteiger partial charge in [0.25, 0.3) is 21.5 Å². The average Bonchev–Trinajstić information content (AvgIpc) is 3.20. The summed E-state index contributed by atoms with van der Waals surface area (Å²) in [5.74, 6) is -0.346. The van der Waals surface area contributed by atoms with Crippen molar-refractivity contribution in [1.29, 1.82) is 0 Å². The summed E-state index contributed by atoms with van der Waals surface area (Å²) in [7, 11) is -2.15. The Morgan fingerprint density at radius 2 is 1.84 bits per heavy atom. The van der Waals surface area contributed by atoms with Crippen LogP contribution in [-0.4, -0.2) is 38.8 Å². The lowest BCUT2D eigenvalue weighted by Gasteiger charge is -2.12. The molecule has 1 amide bonds. The molecule has 0 spiro atoms. The van der Waals surface area contributed by atoms with E-state index in [0.717, 1.165) is 28.7 Å². The summed E-state index contributed by atoms with van der Waals surface area (Å²) >= 11 is 0.894. The third-order valence-electron chi connectivity index (χ3n) is 6.56. The van der Waals surface area contributed by atoms with Gasteiger partial charge in [-0.25, -0.2) is 22.9 Å². The molecular weight excluding hydrogens is 516 g/mol. The van der Waals surface area contributed by atoms with Crippen LogP contribution >= 0.6 is 11.3 Å². The Hall–Kier alpha value is -3.68. The first-order chi connectivity index (χ1) is 17.5. The fourth-order valence-corrected chi connectivity index (χ4v) is 7.28.